The van der Waals surface area contributed by atoms with Crippen LogP contribution in [0.2, 0.25) is 0 Å². The quantitative estimate of drug-likeness (QED) is 0.753. The summed E-state index contributed by atoms with van der Waals surface area (Å²) in [7, 11) is -3.53. The monoisotopic (exact) mass is 293 g/mol. The third-order valence-electron chi connectivity index (χ3n) is 2.97. The second kappa shape index (κ2) is 6.88. The molecule has 0 radical (unpaired) electrons. The maximum absolute atomic E-state index is 12.2. The molecule has 0 aromatic rings. The molecule has 0 aliphatic heterocycles. The van der Waals surface area contributed by atoms with Crippen molar-refractivity contribution in [1.29, 1.82) is 0 Å². The summed E-state index contributed by atoms with van der Waals surface area (Å²) in [5, 5.41) is 6.87. The summed E-state index contributed by atoms with van der Waals surface area (Å²) >= 11 is 0. The number of hydrogen-bond acceptors (Lipinski definition) is 4. The highest BCUT2D eigenvalue weighted by atomic mass is 32.2. The minimum atomic E-state index is -3.53. The van der Waals surface area contributed by atoms with Gasteiger partial charge in [-0.2, -0.15) is 0 Å². The second-order valence-electron chi connectivity index (χ2n) is 5.05. The Morgan fingerprint density at radius 3 is 1.89 bits per heavy atom. The summed E-state index contributed by atoms with van der Waals surface area (Å²) in [5.41, 5.74) is 0. The number of carbonyl (C=O) groups is 2. The van der Waals surface area contributed by atoms with Crippen molar-refractivity contribution in [2.24, 2.45) is 0 Å². The Hall–Kier alpha value is -1.11. The molecule has 0 aliphatic carbocycles. The summed E-state index contributed by atoms with van der Waals surface area (Å²) < 4.78 is 23.9. The lowest BCUT2D eigenvalue weighted by Gasteiger charge is -2.29. The number of carbonyl (C=O) groups excluding carboxylic acids is 1. The molecule has 1 atom stereocenters. The van der Waals surface area contributed by atoms with E-state index in [-0.39, 0.29) is 19.0 Å². The van der Waals surface area contributed by atoms with Gasteiger partial charge in [-0.15, -0.1) is 0 Å². The minimum absolute atomic E-state index is 0.0176. The molecule has 0 saturated carbocycles. The summed E-state index contributed by atoms with van der Waals surface area (Å²) in [6.45, 7) is 7.88. The molecular formula is C12H23NO5S. The van der Waals surface area contributed by atoms with Crippen molar-refractivity contribution >= 4 is 21.7 Å². The average Bonchev–Trinajstić information content (AvgIpc) is 2.26. The van der Waals surface area contributed by atoms with Crippen LogP contribution in [0.3, 0.4) is 0 Å². The van der Waals surface area contributed by atoms with E-state index < -0.39 is 32.2 Å². The standard InChI is InChI=1S/C12H23NO5S/c1-8(2)13(7-6-11(14)15)12(16)10(5)19(17,18)9(3)4/h8-10H,6-7H2,1-5H3,(H,14,15)/t10-/m0/s1. The number of rotatable bonds is 7. The van der Waals surface area contributed by atoms with Gasteiger partial charge < -0.3 is 10.0 Å². The molecule has 1 N–H and O–H groups in total. The predicted octanol–water partition coefficient (Wildman–Crippen LogP) is 0.910. The molecule has 0 bridgehead atoms. The zero-order valence-electron chi connectivity index (χ0n) is 12.1. The zero-order valence-corrected chi connectivity index (χ0v) is 12.9. The van der Waals surface area contributed by atoms with E-state index in [0.29, 0.717) is 0 Å². The van der Waals surface area contributed by atoms with Crippen molar-refractivity contribution in [3.8, 4) is 0 Å². The van der Waals surface area contributed by atoms with Crippen LogP contribution in [0, 0.1) is 0 Å². The van der Waals surface area contributed by atoms with E-state index in [1.807, 2.05) is 0 Å². The van der Waals surface area contributed by atoms with Crippen LogP contribution in [0.1, 0.15) is 41.0 Å². The summed E-state index contributed by atoms with van der Waals surface area (Å²) in [6.07, 6.45) is -0.196. The Bertz CT molecular complexity index is 427. The summed E-state index contributed by atoms with van der Waals surface area (Å²) in [6, 6.07) is -0.239. The second-order valence-corrected chi connectivity index (χ2v) is 7.88. The molecule has 0 saturated heterocycles. The number of nitrogens with zero attached hydrogens (tertiary/aromatic N) is 1. The van der Waals surface area contributed by atoms with Crippen molar-refractivity contribution in [3.05, 3.63) is 0 Å². The van der Waals surface area contributed by atoms with Crippen LogP contribution in [0.15, 0.2) is 0 Å². The van der Waals surface area contributed by atoms with Crippen LogP contribution in [-0.4, -0.2) is 53.4 Å². The summed E-state index contributed by atoms with van der Waals surface area (Å²) in [5.74, 6) is -1.55. The third-order valence-corrected chi connectivity index (χ3v) is 5.47. The molecule has 7 heteroatoms. The molecule has 1 amide bonds. The van der Waals surface area contributed by atoms with Crippen LogP contribution < -0.4 is 0 Å². The Morgan fingerprint density at radius 2 is 1.58 bits per heavy atom. The molecular weight excluding hydrogens is 270 g/mol. The number of aliphatic carboxylic acids is 1. The molecule has 112 valence electrons. The Kier molecular flexibility index (Phi) is 6.48. The summed E-state index contributed by atoms with van der Waals surface area (Å²) in [4.78, 5) is 24.1. The highest BCUT2D eigenvalue weighted by Gasteiger charge is 2.34. The van der Waals surface area contributed by atoms with E-state index in [1.54, 1.807) is 13.8 Å². The molecule has 0 aromatic heterocycles. The van der Waals surface area contributed by atoms with Crippen LogP contribution >= 0.6 is 0 Å². The normalized spacial score (nSPS) is 13.6. The van der Waals surface area contributed by atoms with Crippen molar-refractivity contribution < 1.29 is 23.1 Å². The lowest BCUT2D eigenvalue weighted by Crippen LogP contribution is -2.47. The number of sulfone groups is 1. The number of amides is 1. The molecule has 0 fully saturated rings. The fraction of sp³-hybridized carbons (Fsp3) is 0.833. The zero-order chi connectivity index (χ0) is 15.4. The van der Waals surface area contributed by atoms with Crippen LogP contribution in [-0.2, 0) is 19.4 Å². The largest absolute Gasteiger partial charge is 0.481 e. The van der Waals surface area contributed by atoms with Gasteiger partial charge in [-0.25, -0.2) is 8.42 Å². The highest BCUT2D eigenvalue weighted by molar-refractivity contribution is 7.93. The van der Waals surface area contributed by atoms with E-state index in [2.05, 4.69) is 0 Å². The van der Waals surface area contributed by atoms with Crippen molar-refractivity contribution in [2.45, 2.75) is 57.6 Å². The van der Waals surface area contributed by atoms with Gasteiger partial charge in [-0.05, 0) is 34.6 Å². The molecule has 6 nitrogen and oxygen atoms in total. The highest BCUT2D eigenvalue weighted by Crippen LogP contribution is 2.14. The number of carboxylic acid groups (broad SMARTS) is 1. The van der Waals surface area contributed by atoms with Gasteiger partial charge in [0.1, 0.15) is 5.25 Å². The molecule has 19 heavy (non-hydrogen) atoms. The minimum Gasteiger partial charge on any atom is -0.481 e. The Labute approximate surface area is 114 Å². The first-order valence-corrected chi connectivity index (χ1v) is 7.87. The van der Waals surface area contributed by atoms with E-state index in [9.17, 15) is 18.0 Å². The lowest BCUT2D eigenvalue weighted by molar-refractivity contribution is -0.139. The number of hydrogen-bond donors (Lipinski definition) is 1. The van der Waals surface area contributed by atoms with Crippen LogP contribution in [0.5, 0.6) is 0 Å². The molecule has 0 rings (SSSR count). The van der Waals surface area contributed by atoms with E-state index in [4.69, 9.17) is 5.11 Å². The maximum Gasteiger partial charge on any atom is 0.305 e. The van der Waals surface area contributed by atoms with Gasteiger partial charge in [0.05, 0.1) is 11.7 Å². The lowest BCUT2D eigenvalue weighted by atomic mass is 10.2. The van der Waals surface area contributed by atoms with Gasteiger partial charge >= 0.3 is 5.97 Å². The predicted molar refractivity (Wildman–Crippen MR) is 72.6 cm³/mol. The van der Waals surface area contributed by atoms with Gasteiger partial charge in [0.25, 0.3) is 0 Å². The molecule has 0 aliphatic rings. The van der Waals surface area contributed by atoms with Gasteiger partial charge in [0.15, 0.2) is 9.84 Å². The Balaban J connectivity index is 5.06. The van der Waals surface area contributed by atoms with E-state index in [1.165, 1.54) is 25.7 Å². The molecule has 0 spiro atoms. The maximum atomic E-state index is 12.2. The van der Waals surface area contributed by atoms with Gasteiger partial charge in [-0.3, -0.25) is 9.59 Å². The van der Waals surface area contributed by atoms with Gasteiger partial charge in [0.2, 0.25) is 5.91 Å². The molecule has 0 aromatic carbocycles. The number of carboxylic acids is 1. The Morgan fingerprint density at radius 1 is 1.11 bits per heavy atom. The van der Waals surface area contributed by atoms with Crippen molar-refractivity contribution in [3.63, 3.8) is 0 Å². The van der Waals surface area contributed by atoms with Crippen LogP contribution in [0.4, 0.5) is 0 Å². The van der Waals surface area contributed by atoms with E-state index in [0.717, 1.165) is 0 Å². The SMILES string of the molecule is CC(C)N(CCC(=O)O)C(=O)[C@H](C)S(=O)(=O)C(C)C. The van der Waals surface area contributed by atoms with Gasteiger partial charge in [-0.1, -0.05) is 0 Å². The fourth-order valence-corrected chi connectivity index (χ4v) is 2.85. The van der Waals surface area contributed by atoms with Crippen molar-refractivity contribution in [1.82, 2.24) is 4.90 Å². The molecule has 0 unspecified atom stereocenters. The van der Waals surface area contributed by atoms with E-state index >= 15 is 0 Å². The fourth-order valence-electron chi connectivity index (χ4n) is 1.62. The average molecular weight is 293 g/mol. The first-order chi connectivity index (χ1) is 8.51. The molecule has 0 heterocycles. The van der Waals surface area contributed by atoms with Gasteiger partial charge in [0, 0.05) is 12.6 Å². The van der Waals surface area contributed by atoms with Crippen molar-refractivity contribution in [2.75, 3.05) is 6.54 Å². The first kappa shape index (κ1) is 17.9. The van der Waals surface area contributed by atoms with Crippen LogP contribution in [0.25, 0.3) is 0 Å². The third kappa shape index (κ3) is 4.81. The smallest absolute Gasteiger partial charge is 0.305 e. The topological polar surface area (TPSA) is 91.8 Å². The first-order valence-electron chi connectivity index (χ1n) is 6.26.